The minimum absolute atomic E-state index is 0.117. The van der Waals surface area contributed by atoms with Gasteiger partial charge in [0.05, 0.1) is 6.16 Å². The molecular formula is C21H29O4P. The second-order valence-corrected chi connectivity index (χ2v) is 10.5. The Balaban J connectivity index is 2.44. The molecule has 1 atom stereocenters. The van der Waals surface area contributed by atoms with Crippen molar-refractivity contribution in [2.24, 2.45) is 0 Å². The van der Waals surface area contributed by atoms with Gasteiger partial charge in [-0.1, -0.05) is 71.9 Å². The largest absolute Gasteiger partial charge is 0.507 e. The van der Waals surface area contributed by atoms with E-state index in [0.717, 1.165) is 11.1 Å². The topological polar surface area (TPSA) is 66.8 Å². The van der Waals surface area contributed by atoms with Crippen molar-refractivity contribution in [2.45, 2.75) is 58.5 Å². The van der Waals surface area contributed by atoms with E-state index in [2.05, 4.69) is 0 Å². The van der Waals surface area contributed by atoms with Crippen molar-refractivity contribution >= 4 is 7.60 Å². The molecule has 0 saturated carbocycles. The van der Waals surface area contributed by atoms with Crippen LogP contribution in [0.2, 0.25) is 0 Å². The second kappa shape index (κ2) is 7.09. The quantitative estimate of drug-likeness (QED) is 0.667. The number of aromatic hydroxyl groups is 1. The van der Waals surface area contributed by atoms with Gasteiger partial charge >= 0.3 is 7.60 Å². The van der Waals surface area contributed by atoms with E-state index in [9.17, 15) is 14.6 Å². The predicted octanol–water partition coefficient (Wildman–Crippen LogP) is 5.75. The SMILES string of the molecule is CC(C)(C)c1cc(CP(=O)(O)Oc2ccccc2)cc(C(C)(C)C)c1O. The van der Waals surface area contributed by atoms with Crippen molar-refractivity contribution in [2.75, 3.05) is 0 Å². The third-order valence-electron chi connectivity index (χ3n) is 4.16. The first-order valence-corrected chi connectivity index (χ1v) is 10.5. The Morgan fingerprint density at radius 1 is 0.923 bits per heavy atom. The lowest BCUT2D eigenvalue weighted by molar-refractivity contribution is 0.377. The fraction of sp³-hybridized carbons (Fsp3) is 0.429. The molecule has 4 nitrogen and oxygen atoms in total. The number of benzene rings is 2. The Morgan fingerprint density at radius 2 is 1.38 bits per heavy atom. The lowest BCUT2D eigenvalue weighted by atomic mass is 9.78. The van der Waals surface area contributed by atoms with Crippen molar-refractivity contribution < 1.29 is 19.1 Å². The van der Waals surface area contributed by atoms with Crippen molar-refractivity contribution in [3.8, 4) is 11.5 Å². The number of phenols is 1. The van der Waals surface area contributed by atoms with E-state index in [1.807, 2.05) is 59.7 Å². The lowest BCUT2D eigenvalue weighted by Crippen LogP contribution is -2.18. The summed E-state index contributed by atoms with van der Waals surface area (Å²) >= 11 is 0. The average molecular weight is 376 g/mol. The summed E-state index contributed by atoms with van der Waals surface area (Å²) < 4.78 is 18.0. The highest BCUT2D eigenvalue weighted by molar-refractivity contribution is 7.52. The van der Waals surface area contributed by atoms with E-state index in [1.165, 1.54) is 0 Å². The zero-order valence-corrected chi connectivity index (χ0v) is 17.3. The molecule has 0 aliphatic heterocycles. The van der Waals surface area contributed by atoms with Gasteiger partial charge in [-0.15, -0.1) is 0 Å². The molecule has 0 bridgehead atoms. The maximum Gasteiger partial charge on any atom is 0.380 e. The highest BCUT2D eigenvalue weighted by Crippen LogP contribution is 2.48. The zero-order chi connectivity index (χ0) is 19.8. The maximum atomic E-state index is 12.6. The number of hydrogen-bond donors (Lipinski definition) is 2. The highest BCUT2D eigenvalue weighted by atomic mass is 31.2. The van der Waals surface area contributed by atoms with E-state index in [1.54, 1.807) is 24.3 Å². The Bertz CT molecular complexity index is 779. The minimum atomic E-state index is -3.88. The molecule has 2 rings (SSSR count). The van der Waals surface area contributed by atoms with Gasteiger partial charge in [0.25, 0.3) is 0 Å². The van der Waals surface area contributed by atoms with Crippen molar-refractivity contribution in [3.05, 3.63) is 59.2 Å². The molecule has 0 heterocycles. The Hall–Kier alpha value is -1.77. The minimum Gasteiger partial charge on any atom is -0.507 e. The molecule has 0 aromatic heterocycles. The number of rotatable bonds is 4. The summed E-state index contributed by atoms with van der Waals surface area (Å²) in [6.45, 7) is 12.1. The Morgan fingerprint density at radius 3 is 1.81 bits per heavy atom. The first-order valence-electron chi connectivity index (χ1n) is 8.73. The predicted molar refractivity (Wildman–Crippen MR) is 106 cm³/mol. The third kappa shape index (κ3) is 5.12. The van der Waals surface area contributed by atoms with Gasteiger partial charge in [-0.25, -0.2) is 4.57 Å². The number of phenolic OH excluding ortho intramolecular Hbond substituents is 1. The van der Waals surface area contributed by atoms with Gasteiger partial charge in [0, 0.05) is 0 Å². The normalized spacial score (nSPS) is 14.7. The van der Waals surface area contributed by atoms with Crippen LogP contribution in [0.1, 0.15) is 58.2 Å². The van der Waals surface area contributed by atoms with E-state index < -0.39 is 7.60 Å². The summed E-state index contributed by atoms with van der Waals surface area (Å²) in [4.78, 5) is 10.3. The third-order valence-corrected chi connectivity index (χ3v) is 5.42. The number of hydrogen-bond acceptors (Lipinski definition) is 3. The first-order chi connectivity index (χ1) is 11.8. The van der Waals surface area contributed by atoms with Crippen LogP contribution < -0.4 is 4.52 Å². The van der Waals surface area contributed by atoms with Crippen LogP contribution >= 0.6 is 7.60 Å². The van der Waals surface area contributed by atoms with Crippen molar-refractivity contribution in [3.63, 3.8) is 0 Å². The molecule has 0 aliphatic rings. The monoisotopic (exact) mass is 376 g/mol. The van der Waals surface area contributed by atoms with Crippen molar-refractivity contribution in [1.82, 2.24) is 0 Å². The Labute approximate surface area is 156 Å². The standard InChI is InChI=1S/C21H29O4P/c1-20(2,3)17-12-15(13-18(19(17)22)21(4,5)6)14-26(23,24)25-16-10-8-7-9-11-16/h7-13,22H,14H2,1-6H3,(H,23,24). The molecule has 0 fully saturated rings. The van der Waals surface area contributed by atoms with Crippen LogP contribution in [0.5, 0.6) is 11.5 Å². The van der Waals surface area contributed by atoms with Gasteiger partial charge in [-0.3, -0.25) is 0 Å². The summed E-state index contributed by atoms with van der Waals surface area (Å²) in [5, 5.41) is 10.8. The molecule has 0 radical (unpaired) electrons. The summed E-state index contributed by atoms with van der Waals surface area (Å²) in [5.41, 5.74) is 1.62. The van der Waals surface area contributed by atoms with Crippen LogP contribution in [0.15, 0.2) is 42.5 Å². The van der Waals surface area contributed by atoms with Gasteiger partial charge in [-0.2, -0.15) is 0 Å². The molecular weight excluding hydrogens is 347 g/mol. The molecule has 2 aromatic rings. The van der Waals surface area contributed by atoms with Crippen molar-refractivity contribution in [1.29, 1.82) is 0 Å². The summed E-state index contributed by atoms with van der Waals surface area (Å²) in [6, 6.07) is 12.3. The van der Waals surface area contributed by atoms with E-state index >= 15 is 0 Å². The molecule has 1 unspecified atom stereocenters. The Kier molecular flexibility index (Phi) is 5.60. The highest BCUT2D eigenvalue weighted by Gasteiger charge is 2.29. The van der Waals surface area contributed by atoms with E-state index in [-0.39, 0.29) is 22.7 Å². The van der Waals surface area contributed by atoms with Gasteiger partial charge in [0.1, 0.15) is 11.5 Å². The van der Waals surface area contributed by atoms with Crippen LogP contribution in [0.3, 0.4) is 0 Å². The van der Waals surface area contributed by atoms with Gasteiger partial charge in [0.2, 0.25) is 0 Å². The zero-order valence-electron chi connectivity index (χ0n) is 16.4. The summed E-state index contributed by atoms with van der Waals surface area (Å²) in [7, 11) is -3.88. The second-order valence-electron chi connectivity index (χ2n) is 8.74. The molecule has 142 valence electrons. The van der Waals surface area contributed by atoms with Crippen LogP contribution in [0.4, 0.5) is 0 Å². The summed E-state index contributed by atoms with van der Waals surface area (Å²) in [5.74, 6) is 0.620. The molecule has 0 aliphatic carbocycles. The first kappa shape index (κ1) is 20.5. The average Bonchev–Trinajstić information content (AvgIpc) is 2.46. The van der Waals surface area contributed by atoms with E-state index in [4.69, 9.17) is 4.52 Å². The van der Waals surface area contributed by atoms with E-state index in [0.29, 0.717) is 11.3 Å². The molecule has 5 heteroatoms. The number of para-hydroxylation sites is 1. The maximum absolute atomic E-state index is 12.6. The smallest absolute Gasteiger partial charge is 0.380 e. The molecule has 26 heavy (non-hydrogen) atoms. The molecule has 0 saturated heterocycles. The summed E-state index contributed by atoms with van der Waals surface area (Å²) in [6.07, 6.45) is -0.117. The van der Waals surface area contributed by atoms with Crippen LogP contribution in [0.25, 0.3) is 0 Å². The fourth-order valence-corrected chi connectivity index (χ4v) is 4.00. The molecule has 0 amide bonds. The fourth-order valence-electron chi connectivity index (χ4n) is 2.84. The van der Waals surface area contributed by atoms with Crippen LogP contribution in [0, 0.1) is 0 Å². The lowest BCUT2D eigenvalue weighted by Gasteiger charge is -2.28. The molecule has 2 N–H and O–H groups in total. The van der Waals surface area contributed by atoms with Crippen LogP contribution in [-0.4, -0.2) is 10.00 Å². The molecule has 0 spiro atoms. The molecule has 2 aromatic carbocycles. The van der Waals surface area contributed by atoms with Gasteiger partial charge < -0.3 is 14.5 Å². The van der Waals surface area contributed by atoms with Crippen LogP contribution in [-0.2, 0) is 21.6 Å². The van der Waals surface area contributed by atoms with Gasteiger partial charge in [-0.05, 0) is 39.7 Å². The van der Waals surface area contributed by atoms with Gasteiger partial charge in [0.15, 0.2) is 0 Å².